The Balaban J connectivity index is 3.01. The first-order valence-electron chi connectivity index (χ1n) is 5.28. The van der Waals surface area contributed by atoms with E-state index < -0.39 is 11.6 Å². The molecule has 0 saturated heterocycles. The zero-order valence-corrected chi connectivity index (χ0v) is 9.87. The van der Waals surface area contributed by atoms with Gasteiger partial charge in [-0.05, 0) is 33.5 Å². The van der Waals surface area contributed by atoms with E-state index in [9.17, 15) is 8.78 Å². The average Bonchev–Trinajstić information content (AvgIpc) is 2.14. The molecule has 0 heterocycles. The van der Waals surface area contributed by atoms with Crippen molar-refractivity contribution in [3.8, 4) is 0 Å². The summed E-state index contributed by atoms with van der Waals surface area (Å²) in [6.45, 7) is 1.87. The van der Waals surface area contributed by atoms with E-state index in [2.05, 4.69) is 0 Å². The second-order valence-corrected chi connectivity index (χ2v) is 4.36. The van der Waals surface area contributed by atoms with E-state index in [-0.39, 0.29) is 12.1 Å². The Hall–Kier alpha value is -1.00. The van der Waals surface area contributed by atoms with Gasteiger partial charge in [0.05, 0.1) is 0 Å². The first-order valence-corrected chi connectivity index (χ1v) is 5.28. The molecule has 0 aliphatic rings. The fourth-order valence-corrected chi connectivity index (χ4v) is 1.74. The van der Waals surface area contributed by atoms with Gasteiger partial charge in [0, 0.05) is 23.7 Å². The summed E-state index contributed by atoms with van der Waals surface area (Å²) in [4.78, 5) is 1.89. The lowest BCUT2D eigenvalue weighted by Gasteiger charge is -2.26. The van der Waals surface area contributed by atoms with Gasteiger partial charge in [0.25, 0.3) is 0 Å². The van der Waals surface area contributed by atoms with E-state index in [1.807, 2.05) is 25.9 Å². The maximum Gasteiger partial charge on any atom is 0.130 e. The molecule has 1 rings (SSSR count). The molecule has 4 heteroatoms. The zero-order chi connectivity index (χ0) is 12.3. The van der Waals surface area contributed by atoms with E-state index in [0.717, 1.165) is 6.07 Å². The van der Waals surface area contributed by atoms with Crippen molar-refractivity contribution >= 4 is 0 Å². The number of hydrogen-bond acceptors (Lipinski definition) is 2. The Bertz CT molecular complexity index is 351. The highest BCUT2D eigenvalue weighted by molar-refractivity contribution is 5.22. The van der Waals surface area contributed by atoms with E-state index in [0.29, 0.717) is 12.0 Å². The lowest BCUT2D eigenvalue weighted by Crippen LogP contribution is -2.28. The van der Waals surface area contributed by atoms with Gasteiger partial charge in [-0.1, -0.05) is 6.07 Å². The monoisotopic (exact) mass is 228 g/mol. The highest BCUT2D eigenvalue weighted by atomic mass is 19.1. The van der Waals surface area contributed by atoms with Gasteiger partial charge >= 0.3 is 0 Å². The highest BCUT2D eigenvalue weighted by Crippen LogP contribution is 2.25. The van der Waals surface area contributed by atoms with Gasteiger partial charge in [-0.25, -0.2) is 8.78 Å². The SMILES string of the molecule is CC(N)CC(c1ccc(F)cc1F)N(C)C. The van der Waals surface area contributed by atoms with Crippen LogP contribution in [0.15, 0.2) is 18.2 Å². The molecule has 1 aromatic rings. The topological polar surface area (TPSA) is 29.3 Å². The molecular weight excluding hydrogens is 210 g/mol. The third-order valence-corrected chi connectivity index (χ3v) is 2.54. The second-order valence-electron chi connectivity index (χ2n) is 4.36. The van der Waals surface area contributed by atoms with Crippen molar-refractivity contribution in [2.75, 3.05) is 14.1 Å². The van der Waals surface area contributed by atoms with E-state index >= 15 is 0 Å². The summed E-state index contributed by atoms with van der Waals surface area (Å²) in [7, 11) is 3.71. The van der Waals surface area contributed by atoms with Crippen LogP contribution in [-0.4, -0.2) is 25.0 Å². The lowest BCUT2D eigenvalue weighted by molar-refractivity contribution is 0.265. The average molecular weight is 228 g/mol. The van der Waals surface area contributed by atoms with Crippen LogP contribution in [0.1, 0.15) is 24.9 Å². The molecule has 0 saturated carbocycles. The standard InChI is InChI=1S/C12H18F2N2/c1-8(15)6-12(16(2)3)10-5-4-9(13)7-11(10)14/h4-5,7-8,12H,6,15H2,1-3H3. The van der Waals surface area contributed by atoms with Crippen LogP contribution < -0.4 is 5.73 Å². The number of rotatable bonds is 4. The fraction of sp³-hybridized carbons (Fsp3) is 0.500. The molecule has 16 heavy (non-hydrogen) atoms. The van der Waals surface area contributed by atoms with Crippen LogP contribution in [0.3, 0.4) is 0 Å². The zero-order valence-electron chi connectivity index (χ0n) is 9.87. The minimum Gasteiger partial charge on any atom is -0.328 e. The Morgan fingerprint density at radius 2 is 1.94 bits per heavy atom. The normalized spacial score (nSPS) is 15.2. The number of nitrogens with zero attached hydrogens (tertiary/aromatic N) is 1. The van der Waals surface area contributed by atoms with Crippen LogP contribution in [0.5, 0.6) is 0 Å². The molecule has 2 atom stereocenters. The summed E-state index contributed by atoms with van der Waals surface area (Å²) in [5.74, 6) is -1.07. The van der Waals surface area contributed by atoms with Crippen molar-refractivity contribution in [2.45, 2.75) is 25.4 Å². The fourth-order valence-electron chi connectivity index (χ4n) is 1.74. The Morgan fingerprint density at radius 3 is 2.38 bits per heavy atom. The lowest BCUT2D eigenvalue weighted by atomic mass is 9.99. The van der Waals surface area contributed by atoms with E-state index in [1.165, 1.54) is 12.1 Å². The first-order chi connectivity index (χ1) is 7.41. The molecule has 0 aliphatic heterocycles. The van der Waals surface area contributed by atoms with Crippen molar-refractivity contribution in [1.82, 2.24) is 4.90 Å². The minimum atomic E-state index is -0.556. The maximum absolute atomic E-state index is 13.6. The molecule has 90 valence electrons. The van der Waals surface area contributed by atoms with Crippen molar-refractivity contribution in [2.24, 2.45) is 5.73 Å². The quantitative estimate of drug-likeness (QED) is 0.856. The van der Waals surface area contributed by atoms with Crippen molar-refractivity contribution in [3.05, 3.63) is 35.4 Å². The van der Waals surface area contributed by atoms with Gasteiger partial charge in [-0.3, -0.25) is 0 Å². The molecule has 1 aromatic carbocycles. The molecule has 0 bridgehead atoms. The summed E-state index contributed by atoms with van der Waals surface area (Å²) in [6, 6.07) is 3.51. The predicted molar refractivity (Wildman–Crippen MR) is 61.1 cm³/mol. The van der Waals surface area contributed by atoms with Crippen LogP contribution in [0, 0.1) is 11.6 Å². The Labute approximate surface area is 95.1 Å². The number of nitrogens with two attached hydrogens (primary N) is 1. The van der Waals surface area contributed by atoms with E-state index in [1.54, 1.807) is 0 Å². The highest BCUT2D eigenvalue weighted by Gasteiger charge is 2.19. The van der Waals surface area contributed by atoms with Crippen molar-refractivity contribution < 1.29 is 8.78 Å². The summed E-state index contributed by atoms with van der Waals surface area (Å²) < 4.78 is 26.4. The van der Waals surface area contributed by atoms with E-state index in [4.69, 9.17) is 5.73 Å². The van der Waals surface area contributed by atoms with Crippen LogP contribution in [0.2, 0.25) is 0 Å². The summed E-state index contributed by atoms with van der Waals surface area (Å²) >= 11 is 0. The number of benzene rings is 1. The first kappa shape index (κ1) is 13.1. The second kappa shape index (κ2) is 5.37. The van der Waals surface area contributed by atoms with Crippen LogP contribution in [-0.2, 0) is 0 Å². The molecule has 0 spiro atoms. The summed E-state index contributed by atoms with van der Waals surface area (Å²) in [5, 5.41) is 0. The molecule has 0 fully saturated rings. The van der Waals surface area contributed by atoms with Gasteiger partial charge < -0.3 is 10.6 Å². The molecule has 0 aliphatic carbocycles. The minimum absolute atomic E-state index is 0.0307. The maximum atomic E-state index is 13.6. The predicted octanol–water partition coefficient (Wildman–Crippen LogP) is 2.30. The van der Waals surface area contributed by atoms with Gasteiger partial charge in [0.15, 0.2) is 0 Å². The molecular formula is C12H18F2N2. The smallest absolute Gasteiger partial charge is 0.130 e. The molecule has 2 unspecified atom stereocenters. The molecule has 2 nitrogen and oxygen atoms in total. The van der Waals surface area contributed by atoms with Gasteiger partial charge in [0.1, 0.15) is 11.6 Å². The third kappa shape index (κ3) is 3.25. The summed E-state index contributed by atoms with van der Waals surface area (Å²) in [6.07, 6.45) is 0.634. The molecule has 0 radical (unpaired) electrons. The van der Waals surface area contributed by atoms with Gasteiger partial charge in [0.2, 0.25) is 0 Å². The molecule has 0 aromatic heterocycles. The molecule has 2 N–H and O–H groups in total. The Kier molecular flexibility index (Phi) is 4.38. The Morgan fingerprint density at radius 1 is 1.31 bits per heavy atom. The third-order valence-electron chi connectivity index (χ3n) is 2.54. The summed E-state index contributed by atoms with van der Waals surface area (Å²) in [5.41, 5.74) is 6.21. The van der Waals surface area contributed by atoms with Gasteiger partial charge in [-0.15, -0.1) is 0 Å². The number of hydrogen-bond donors (Lipinski definition) is 1. The van der Waals surface area contributed by atoms with Crippen LogP contribution in [0.4, 0.5) is 8.78 Å². The van der Waals surface area contributed by atoms with Crippen molar-refractivity contribution in [3.63, 3.8) is 0 Å². The number of halogens is 2. The largest absolute Gasteiger partial charge is 0.328 e. The van der Waals surface area contributed by atoms with Gasteiger partial charge in [-0.2, -0.15) is 0 Å². The van der Waals surface area contributed by atoms with Crippen LogP contribution in [0.25, 0.3) is 0 Å². The van der Waals surface area contributed by atoms with Crippen molar-refractivity contribution in [1.29, 1.82) is 0 Å². The molecule has 0 amide bonds. The van der Waals surface area contributed by atoms with Crippen LogP contribution >= 0.6 is 0 Å².